The fourth-order valence-electron chi connectivity index (χ4n) is 1.52. The second-order valence-electron chi connectivity index (χ2n) is 3.37. The van der Waals surface area contributed by atoms with Gasteiger partial charge in [-0.1, -0.05) is 0 Å². The molecule has 0 aliphatic carbocycles. The Morgan fingerprint density at radius 3 is 2.87 bits per heavy atom. The van der Waals surface area contributed by atoms with E-state index in [2.05, 4.69) is 15.3 Å². The third kappa shape index (κ3) is 1.28. The fourth-order valence-corrected chi connectivity index (χ4v) is 1.52. The molecule has 15 heavy (non-hydrogen) atoms. The van der Waals surface area contributed by atoms with Crippen LogP contribution in [0.2, 0.25) is 0 Å². The Morgan fingerprint density at radius 1 is 1.13 bits per heavy atom. The molecule has 0 bridgehead atoms. The molecular formula is C10H9N5. The first-order valence-electron chi connectivity index (χ1n) is 4.63. The SMILES string of the molecule is Cn1cc(-c2ccc3ccnn3n2)cn1. The van der Waals surface area contributed by atoms with Gasteiger partial charge in [-0.3, -0.25) is 4.68 Å². The molecule has 3 aromatic heterocycles. The lowest BCUT2D eigenvalue weighted by Crippen LogP contribution is -1.94. The Bertz CT molecular complexity index is 607. The summed E-state index contributed by atoms with van der Waals surface area (Å²) in [4.78, 5) is 0. The Labute approximate surface area is 86.0 Å². The van der Waals surface area contributed by atoms with Crippen LogP contribution in [0.1, 0.15) is 0 Å². The Hall–Kier alpha value is -2.17. The highest BCUT2D eigenvalue weighted by Crippen LogP contribution is 2.15. The minimum Gasteiger partial charge on any atom is -0.275 e. The lowest BCUT2D eigenvalue weighted by atomic mass is 10.2. The summed E-state index contributed by atoms with van der Waals surface area (Å²) >= 11 is 0. The molecule has 0 aliphatic heterocycles. The van der Waals surface area contributed by atoms with Crippen molar-refractivity contribution in [3.05, 3.63) is 36.8 Å². The normalized spacial score (nSPS) is 11.0. The van der Waals surface area contributed by atoms with Gasteiger partial charge in [-0.2, -0.15) is 14.8 Å². The summed E-state index contributed by atoms with van der Waals surface area (Å²) in [6, 6.07) is 5.87. The minimum absolute atomic E-state index is 0.874. The molecule has 5 heteroatoms. The van der Waals surface area contributed by atoms with Crippen LogP contribution in [0.15, 0.2) is 36.8 Å². The number of aryl methyl sites for hydroxylation is 1. The van der Waals surface area contributed by atoms with Gasteiger partial charge in [-0.05, 0) is 18.2 Å². The van der Waals surface area contributed by atoms with Crippen molar-refractivity contribution in [1.29, 1.82) is 0 Å². The van der Waals surface area contributed by atoms with Crippen LogP contribution in [0, 0.1) is 0 Å². The molecule has 5 nitrogen and oxygen atoms in total. The number of fused-ring (bicyclic) bond motifs is 1. The molecule has 3 heterocycles. The molecular weight excluding hydrogens is 190 g/mol. The van der Waals surface area contributed by atoms with Crippen LogP contribution in [-0.4, -0.2) is 24.6 Å². The second-order valence-corrected chi connectivity index (χ2v) is 3.37. The summed E-state index contributed by atoms with van der Waals surface area (Å²) in [5.41, 5.74) is 2.86. The van der Waals surface area contributed by atoms with Crippen molar-refractivity contribution in [3.63, 3.8) is 0 Å². The molecule has 0 amide bonds. The zero-order chi connectivity index (χ0) is 10.3. The molecule has 0 unspecified atom stereocenters. The van der Waals surface area contributed by atoms with Gasteiger partial charge in [0.15, 0.2) is 0 Å². The third-order valence-electron chi connectivity index (χ3n) is 2.27. The maximum Gasteiger partial charge on any atom is 0.0961 e. The summed E-state index contributed by atoms with van der Waals surface area (Å²) in [6.45, 7) is 0. The maximum absolute atomic E-state index is 4.37. The molecule has 0 aromatic carbocycles. The van der Waals surface area contributed by atoms with Crippen LogP contribution in [0.5, 0.6) is 0 Å². The van der Waals surface area contributed by atoms with Crippen molar-refractivity contribution in [2.24, 2.45) is 7.05 Å². The van der Waals surface area contributed by atoms with Gasteiger partial charge in [0.2, 0.25) is 0 Å². The quantitative estimate of drug-likeness (QED) is 0.590. The summed E-state index contributed by atoms with van der Waals surface area (Å²) < 4.78 is 3.37. The molecule has 0 N–H and O–H groups in total. The number of hydrogen-bond donors (Lipinski definition) is 0. The predicted octanol–water partition coefficient (Wildman–Crippen LogP) is 1.13. The monoisotopic (exact) mass is 199 g/mol. The van der Waals surface area contributed by atoms with Gasteiger partial charge < -0.3 is 0 Å². The van der Waals surface area contributed by atoms with E-state index in [1.54, 1.807) is 21.7 Å². The summed E-state index contributed by atoms with van der Waals surface area (Å²) in [6.07, 6.45) is 5.45. The lowest BCUT2D eigenvalue weighted by Gasteiger charge is -1.96. The van der Waals surface area contributed by atoms with Gasteiger partial charge in [0.05, 0.1) is 23.6 Å². The van der Waals surface area contributed by atoms with Crippen molar-refractivity contribution >= 4 is 5.52 Å². The third-order valence-corrected chi connectivity index (χ3v) is 2.27. The van der Waals surface area contributed by atoms with E-state index in [1.165, 1.54) is 0 Å². The van der Waals surface area contributed by atoms with Crippen LogP contribution in [-0.2, 0) is 7.05 Å². The molecule has 0 radical (unpaired) electrons. The molecule has 74 valence electrons. The van der Waals surface area contributed by atoms with Crippen LogP contribution < -0.4 is 0 Å². The summed E-state index contributed by atoms with van der Waals surface area (Å²) in [5.74, 6) is 0. The Kier molecular flexibility index (Phi) is 1.58. The van der Waals surface area contributed by atoms with Gasteiger partial charge in [0, 0.05) is 18.8 Å². The van der Waals surface area contributed by atoms with Crippen molar-refractivity contribution in [3.8, 4) is 11.3 Å². The first kappa shape index (κ1) is 8.16. The Morgan fingerprint density at radius 2 is 2.07 bits per heavy atom. The van der Waals surface area contributed by atoms with Crippen LogP contribution in [0.4, 0.5) is 0 Å². The first-order chi connectivity index (χ1) is 7.33. The lowest BCUT2D eigenvalue weighted by molar-refractivity contribution is 0.767. The maximum atomic E-state index is 4.37. The molecule has 0 atom stereocenters. The summed E-state index contributed by atoms with van der Waals surface area (Å²) in [5, 5.41) is 12.6. The van der Waals surface area contributed by atoms with Gasteiger partial charge in [-0.15, -0.1) is 5.10 Å². The van der Waals surface area contributed by atoms with E-state index in [9.17, 15) is 0 Å². The standard InChI is InChI=1S/C10H9N5/c1-14-7-8(6-12-14)10-3-2-9-4-5-11-15(9)13-10/h2-7H,1H3. The van der Waals surface area contributed by atoms with Crippen molar-refractivity contribution in [2.45, 2.75) is 0 Å². The number of aromatic nitrogens is 5. The van der Waals surface area contributed by atoms with E-state index in [4.69, 9.17) is 0 Å². The smallest absolute Gasteiger partial charge is 0.0961 e. The molecule has 3 aromatic rings. The molecule has 0 saturated heterocycles. The first-order valence-corrected chi connectivity index (χ1v) is 4.63. The highest BCUT2D eigenvalue weighted by atomic mass is 15.4. The largest absolute Gasteiger partial charge is 0.275 e. The van der Waals surface area contributed by atoms with Gasteiger partial charge in [-0.25, -0.2) is 0 Å². The van der Waals surface area contributed by atoms with E-state index < -0.39 is 0 Å². The molecule has 0 aliphatic rings. The predicted molar refractivity (Wildman–Crippen MR) is 55.2 cm³/mol. The summed E-state index contributed by atoms with van der Waals surface area (Å²) in [7, 11) is 1.88. The van der Waals surface area contributed by atoms with Crippen LogP contribution in [0.25, 0.3) is 16.8 Å². The average molecular weight is 199 g/mol. The molecule has 3 rings (SSSR count). The fraction of sp³-hybridized carbons (Fsp3) is 0.100. The van der Waals surface area contributed by atoms with Gasteiger partial charge in [0.25, 0.3) is 0 Å². The minimum atomic E-state index is 0.874. The number of rotatable bonds is 1. The van der Waals surface area contributed by atoms with Crippen LogP contribution in [0.3, 0.4) is 0 Å². The second kappa shape index (κ2) is 2.91. The topological polar surface area (TPSA) is 48.0 Å². The molecule has 0 fully saturated rings. The van der Waals surface area contributed by atoms with Crippen molar-refractivity contribution < 1.29 is 0 Å². The average Bonchev–Trinajstić information content (AvgIpc) is 2.84. The van der Waals surface area contributed by atoms with Crippen LogP contribution >= 0.6 is 0 Å². The van der Waals surface area contributed by atoms with E-state index in [-0.39, 0.29) is 0 Å². The van der Waals surface area contributed by atoms with Gasteiger partial charge in [0.1, 0.15) is 0 Å². The van der Waals surface area contributed by atoms with E-state index >= 15 is 0 Å². The van der Waals surface area contributed by atoms with Crippen molar-refractivity contribution in [1.82, 2.24) is 24.6 Å². The van der Waals surface area contributed by atoms with E-state index in [0.29, 0.717) is 0 Å². The van der Waals surface area contributed by atoms with E-state index in [0.717, 1.165) is 16.8 Å². The zero-order valence-electron chi connectivity index (χ0n) is 8.20. The number of hydrogen-bond acceptors (Lipinski definition) is 3. The highest BCUT2D eigenvalue weighted by Gasteiger charge is 2.03. The molecule has 0 spiro atoms. The Balaban J connectivity index is 2.18. The number of nitrogens with zero attached hydrogens (tertiary/aromatic N) is 5. The van der Waals surface area contributed by atoms with Crippen molar-refractivity contribution in [2.75, 3.05) is 0 Å². The van der Waals surface area contributed by atoms with Gasteiger partial charge >= 0.3 is 0 Å². The highest BCUT2D eigenvalue weighted by molar-refractivity contribution is 5.59. The molecule has 0 saturated carbocycles. The van der Waals surface area contributed by atoms with E-state index in [1.807, 2.05) is 31.4 Å². The zero-order valence-corrected chi connectivity index (χ0v) is 8.20.